The Balaban J connectivity index is 3.58. The summed E-state index contributed by atoms with van der Waals surface area (Å²) in [5, 5.41) is 16.6. The maximum atomic E-state index is 13.2. The number of hydrogen-bond donors (Lipinski definition) is 2. The molecule has 0 atom stereocenters. The van der Waals surface area contributed by atoms with Crippen molar-refractivity contribution in [1.82, 2.24) is 0 Å². The lowest BCUT2D eigenvalue weighted by Gasteiger charge is -2.06. The average Bonchev–Trinajstić information content (AvgIpc) is 2.26. The summed E-state index contributed by atoms with van der Waals surface area (Å²) < 4.78 is 52.7. The molecular weight excluding hydrogens is 260 g/mol. The molecule has 0 aliphatic carbocycles. The monoisotopic (exact) mass is 264 g/mol. The van der Waals surface area contributed by atoms with E-state index in [1.165, 1.54) is 0 Å². The topological polar surface area (TPSA) is 74.6 Å². The molecule has 96 valence electrons. The van der Waals surface area contributed by atoms with Gasteiger partial charge in [-0.3, -0.25) is 0 Å². The van der Waals surface area contributed by atoms with Crippen LogP contribution in [-0.2, 0) is 4.79 Å². The van der Waals surface area contributed by atoms with Crippen molar-refractivity contribution in [2.24, 2.45) is 0 Å². The molecule has 0 aliphatic heterocycles. The largest absolute Gasteiger partial charge is 0.478 e. The Kier molecular flexibility index (Phi) is 3.70. The van der Waals surface area contributed by atoms with Gasteiger partial charge >= 0.3 is 11.9 Å². The van der Waals surface area contributed by atoms with Crippen LogP contribution in [0.15, 0.2) is 6.08 Å². The third kappa shape index (κ3) is 2.31. The molecule has 0 unspecified atom stereocenters. The van der Waals surface area contributed by atoms with Gasteiger partial charge < -0.3 is 10.2 Å². The van der Waals surface area contributed by atoms with Gasteiger partial charge in [0.15, 0.2) is 23.3 Å². The van der Waals surface area contributed by atoms with E-state index in [0.717, 1.165) is 0 Å². The van der Waals surface area contributed by atoms with Crippen LogP contribution >= 0.6 is 0 Å². The van der Waals surface area contributed by atoms with Crippen LogP contribution in [0.5, 0.6) is 0 Å². The second-order valence-corrected chi connectivity index (χ2v) is 3.02. The van der Waals surface area contributed by atoms with Crippen molar-refractivity contribution in [1.29, 1.82) is 0 Å². The zero-order chi connectivity index (χ0) is 14.0. The summed E-state index contributed by atoms with van der Waals surface area (Å²) in [5.74, 6) is -12.0. The van der Waals surface area contributed by atoms with E-state index < -0.39 is 46.3 Å². The van der Waals surface area contributed by atoms with Crippen LogP contribution in [-0.4, -0.2) is 22.2 Å². The van der Waals surface area contributed by atoms with Crippen LogP contribution in [0, 0.1) is 23.3 Å². The number of hydrogen-bond acceptors (Lipinski definition) is 2. The quantitative estimate of drug-likeness (QED) is 0.497. The minimum absolute atomic E-state index is 0.251. The van der Waals surface area contributed by atoms with E-state index in [9.17, 15) is 27.2 Å². The SMILES string of the molecule is O=C(O)C=Cc1c(F)c(F)c(C(=O)O)c(F)c1F. The lowest BCUT2D eigenvalue weighted by Crippen LogP contribution is -2.11. The number of aromatic carboxylic acids is 1. The van der Waals surface area contributed by atoms with Crippen LogP contribution in [0.4, 0.5) is 17.6 Å². The third-order valence-corrected chi connectivity index (χ3v) is 1.90. The Morgan fingerprint density at radius 3 is 1.67 bits per heavy atom. The zero-order valence-electron chi connectivity index (χ0n) is 8.38. The van der Waals surface area contributed by atoms with Crippen LogP contribution in [0.2, 0.25) is 0 Å². The highest BCUT2D eigenvalue weighted by Gasteiger charge is 2.28. The number of carboxylic acids is 2. The molecule has 0 spiro atoms. The summed E-state index contributed by atoms with van der Waals surface area (Å²) in [5.41, 5.74) is -3.09. The molecule has 0 radical (unpaired) electrons. The first kappa shape index (κ1) is 13.7. The Bertz CT molecular complexity index is 536. The Labute approximate surface area is 96.8 Å². The van der Waals surface area contributed by atoms with E-state index >= 15 is 0 Å². The summed E-state index contributed by atoms with van der Waals surface area (Å²) in [6, 6.07) is 0. The number of benzene rings is 1. The first-order chi connectivity index (χ1) is 8.27. The molecule has 0 saturated carbocycles. The van der Waals surface area contributed by atoms with Crippen LogP contribution in [0.1, 0.15) is 15.9 Å². The summed E-state index contributed by atoms with van der Waals surface area (Å²) in [4.78, 5) is 20.5. The normalized spacial score (nSPS) is 10.9. The van der Waals surface area contributed by atoms with Gasteiger partial charge in [-0.1, -0.05) is 0 Å². The summed E-state index contributed by atoms with van der Waals surface area (Å²) in [6.45, 7) is 0. The maximum absolute atomic E-state index is 13.2. The van der Waals surface area contributed by atoms with Gasteiger partial charge in [-0.2, -0.15) is 0 Å². The number of carboxylic acid groups (broad SMARTS) is 2. The zero-order valence-corrected chi connectivity index (χ0v) is 8.38. The van der Waals surface area contributed by atoms with Crippen LogP contribution in [0.25, 0.3) is 6.08 Å². The van der Waals surface area contributed by atoms with Crippen molar-refractivity contribution in [3.8, 4) is 0 Å². The number of rotatable bonds is 3. The van der Waals surface area contributed by atoms with Crippen molar-refractivity contribution in [3.63, 3.8) is 0 Å². The maximum Gasteiger partial charge on any atom is 0.341 e. The van der Waals surface area contributed by atoms with Gasteiger partial charge in [-0.05, 0) is 6.08 Å². The molecule has 2 N–H and O–H groups in total. The minimum atomic E-state index is -2.18. The first-order valence-electron chi connectivity index (χ1n) is 4.27. The smallest absolute Gasteiger partial charge is 0.341 e. The minimum Gasteiger partial charge on any atom is -0.478 e. The highest BCUT2D eigenvalue weighted by Crippen LogP contribution is 2.25. The van der Waals surface area contributed by atoms with Gasteiger partial charge in [0.05, 0.1) is 5.56 Å². The molecule has 0 fully saturated rings. The molecule has 1 rings (SSSR count). The fourth-order valence-corrected chi connectivity index (χ4v) is 1.14. The average molecular weight is 264 g/mol. The summed E-state index contributed by atoms with van der Waals surface area (Å²) in [6.07, 6.45) is 0.533. The van der Waals surface area contributed by atoms with Gasteiger partial charge in [0.1, 0.15) is 5.56 Å². The highest BCUT2D eigenvalue weighted by atomic mass is 19.2. The molecular formula is C10H4F4O4. The molecule has 1 aromatic rings. The predicted octanol–water partition coefficient (Wildman–Crippen LogP) is 2.04. The predicted molar refractivity (Wildman–Crippen MR) is 49.9 cm³/mol. The Morgan fingerprint density at radius 2 is 1.33 bits per heavy atom. The van der Waals surface area contributed by atoms with Crippen LogP contribution < -0.4 is 0 Å². The van der Waals surface area contributed by atoms with E-state index in [4.69, 9.17) is 10.2 Å². The fourth-order valence-electron chi connectivity index (χ4n) is 1.14. The van der Waals surface area contributed by atoms with Crippen LogP contribution in [0.3, 0.4) is 0 Å². The fraction of sp³-hybridized carbons (Fsp3) is 0. The van der Waals surface area contributed by atoms with Crippen molar-refractivity contribution >= 4 is 18.0 Å². The van der Waals surface area contributed by atoms with Gasteiger partial charge in [-0.15, -0.1) is 0 Å². The Hall–Kier alpha value is -2.38. The molecule has 0 aromatic heterocycles. The second kappa shape index (κ2) is 4.86. The van der Waals surface area contributed by atoms with Gasteiger partial charge in [0.2, 0.25) is 0 Å². The number of halogens is 4. The van der Waals surface area contributed by atoms with Crippen molar-refractivity contribution in [3.05, 3.63) is 40.5 Å². The van der Waals surface area contributed by atoms with E-state index in [-0.39, 0.29) is 12.2 Å². The lowest BCUT2D eigenvalue weighted by atomic mass is 10.1. The van der Waals surface area contributed by atoms with E-state index in [2.05, 4.69) is 0 Å². The molecule has 0 aliphatic rings. The first-order valence-corrected chi connectivity index (χ1v) is 4.27. The van der Waals surface area contributed by atoms with E-state index in [0.29, 0.717) is 0 Å². The van der Waals surface area contributed by atoms with E-state index in [1.54, 1.807) is 0 Å². The van der Waals surface area contributed by atoms with Gasteiger partial charge in [0, 0.05) is 6.08 Å². The summed E-state index contributed by atoms with van der Waals surface area (Å²) >= 11 is 0. The van der Waals surface area contributed by atoms with Crippen molar-refractivity contribution in [2.45, 2.75) is 0 Å². The second-order valence-electron chi connectivity index (χ2n) is 3.02. The van der Waals surface area contributed by atoms with Crippen molar-refractivity contribution in [2.75, 3.05) is 0 Å². The molecule has 0 bridgehead atoms. The molecule has 8 heteroatoms. The standard InChI is InChI=1S/C10H4F4O4/c11-6-3(1-2-4(15)16)7(12)9(14)5(8(6)13)10(17)18/h1-2H,(H,15,16)(H,17,18). The van der Waals surface area contributed by atoms with Crippen molar-refractivity contribution < 1.29 is 37.4 Å². The number of carbonyl (C=O) groups is 2. The van der Waals surface area contributed by atoms with E-state index in [1.807, 2.05) is 0 Å². The molecule has 4 nitrogen and oxygen atoms in total. The lowest BCUT2D eigenvalue weighted by molar-refractivity contribution is -0.131. The molecule has 0 amide bonds. The third-order valence-electron chi connectivity index (χ3n) is 1.90. The molecule has 1 aromatic carbocycles. The number of aliphatic carboxylic acids is 1. The Morgan fingerprint density at radius 1 is 0.889 bits per heavy atom. The molecule has 18 heavy (non-hydrogen) atoms. The van der Waals surface area contributed by atoms with Gasteiger partial charge in [0.25, 0.3) is 0 Å². The molecule has 0 saturated heterocycles. The highest BCUT2D eigenvalue weighted by molar-refractivity contribution is 5.89. The summed E-state index contributed by atoms with van der Waals surface area (Å²) in [7, 11) is 0. The van der Waals surface area contributed by atoms with Gasteiger partial charge in [-0.25, -0.2) is 27.2 Å². The molecule has 0 heterocycles.